The van der Waals surface area contributed by atoms with Gasteiger partial charge >= 0.3 is 0 Å². The highest BCUT2D eigenvalue weighted by Crippen LogP contribution is 2.42. The van der Waals surface area contributed by atoms with Gasteiger partial charge in [0.15, 0.2) is 10.8 Å². The third kappa shape index (κ3) is 3.62. The van der Waals surface area contributed by atoms with Crippen LogP contribution < -0.4 is 10.1 Å². The Morgan fingerprint density at radius 3 is 2.83 bits per heavy atom. The van der Waals surface area contributed by atoms with Crippen molar-refractivity contribution >= 4 is 23.7 Å². The summed E-state index contributed by atoms with van der Waals surface area (Å²) in [7, 11) is 0. The first-order chi connectivity index (χ1) is 14.0. The monoisotopic (exact) mass is 447 g/mol. The van der Waals surface area contributed by atoms with Gasteiger partial charge in [-0.2, -0.15) is 5.10 Å². The number of fused-ring (bicyclic) bond motifs is 3. The van der Waals surface area contributed by atoms with Crippen LogP contribution in [0.25, 0.3) is 22.1 Å². The second-order valence-corrected chi connectivity index (χ2v) is 9.09. The second-order valence-electron chi connectivity index (χ2n) is 8.00. The Morgan fingerprint density at radius 2 is 2.07 bits per heavy atom. The summed E-state index contributed by atoms with van der Waals surface area (Å²) in [5.41, 5.74) is 2.08. The van der Waals surface area contributed by atoms with Crippen molar-refractivity contribution in [1.29, 1.82) is 0 Å². The maximum absolute atomic E-state index is 11.1. The number of thiazole rings is 1. The van der Waals surface area contributed by atoms with Crippen molar-refractivity contribution in [2.75, 3.05) is 19.7 Å². The van der Waals surface area contributed by atoms with Crippen LogP contribution in [0.5, 0.6) is 5.75 Å². The van der Waals surface area contributed by atoms with Crippen molar-refractivity contribution < 1.29 is 9.84 Å². The minimum absolute atomic E-state index is 0. The van der Waals surface area contributed by atoms with E-state index >= 15 is 0 Å². The minimum atomic E-state index is -0.792. The minimum Gasteiger partial charge on any atom is -0.492 e. The Balaban J connectivity index is 0.00000218. The topological polar surface area (TPSA) is 85.1 Å². The lowest BCUT2D eigenvalue weighted by atomic mass is 9.84. The van der Waals surface area contributed by atoms with E-state index in [-0.39, 0.29) is 18.4 Å². The van der Waals surface area contributed by atoms with Crippen LogP contribution >= 0.6 is 23.7 Å². The van der Waals surface area contributed by atoms with Gasteiger partial charge in [0.05, 0.1) is 17.9 Å². The van der Waals surface area contributed by atoms with Gasteiger partial charge in [0.25, 0.3) is 0 Å². The molecule has 1 aromatic carbocycles. The first kappa shape index (κ1) is 21.2. The van der Waals surface area contributed by atoms with Gasteiger partial charge in [0, 0.05) is 22.9 Å². The van der Waals surface area contributed by atoms with E-state index in [1.807, 2.05) is 22.9 Å². The number of halogens is 1. The first-order valence-corrected chi connectivity index (χ1v) is 11.0. The number of piperidine rings is 1. The number of ether oxygens (including phenoxy) is 1. The van der Waals surface area contributed by atoms with Gasteiger partial charge in [0.1, 0.15) is 12.1 Å². The Morgan fingerprint density at radius 1 is 1.27 bits per heavy atom. The average Bonchev–Trinajstić information content (AvgIpc) is 3.33. The molecule has 0 atom stereocenters. The molecule has 2 N–H and O–H groups in total. The SMILES string of the molecule is CC(C)n1ncnc1-c1nc2c(s1)CCOc1cc(C3(O)CCNCC3)ccc1-2.Cl. The third-order valence-corrected chi connectivity index (χ3v) is 6.85. The maximum atomic E-state index is 11.1. The number of nitrogens with zero attached hydrogens (tertiary/aromatic N) is 4. The van der Waals surface area contributed by atoms with Crippen LogP contribution in [0.4, 0.5) is 0 Å². The largest absolute Gasteiger partial charge is 0.492 e. The zero-order valence-corrected chi connectivity index (χ0v) is 18.7. The lowest BCUT2D eigenvalue weighted by molar-refractivity contribution is 0.00575. The molecule has 1 fully saturated rings. The van der Waals surface area contributed by atoms with Crippen LogP contribution in [-0.4, -0.2) is 44.6 Å². The predicted octanol–water partition coefficient (Wildman–Crippen LogP) is 3.58. The molecule has 2 aromatic heterocycles. The Labute approximate surface area is 185 Å². The molecule has 9 heteroatoms. The van der Waals surface area contributed by atoms with Crippen molar-refractivity contribution in [3.05, 3.63) is 35.0 Å². The van der Waals surface area contributed by atoms with Gasteiger partial charge in [-0.1, -0.05) is 6.07 Å². The zero-order valence-electron chi connectivity index (χ0n) is 17.1. The van der Waals surface area contributed by atoms with Crippen LogP contribution in [0.2, 0.25) is 0 Å². The molecule has 4 heterocycles. The summed E-state index contributed by atoms with van der Waals surface area (Å²) in [5.74, 6) is 1.61. The fraction of sp³-hybridized carbons (Fsp3) is 0.476. The highest BCUT2D eigenvalue weighted by Gasteiger charge is 2.32. The second kappa shape index (κ2) is 8.26. The summed E-state index contributed by atoms with van der Waals surface area (Å²) in [5, 5.41) is 19.6. The lowest BCUT2D eigenvalue weighted by Crippen LogP contribution is -2.39. The number of benzene rings is 1. The van der Waals surface area contributed by atoms with E-state index < -0.39 is 5.60 Å². The van der Waals surface area contributed by atoms with Crippen LogP contribution in [-0.2, 0) is 12.0 Å². The van der Waals surface area contributed by atoms with Crippen LogP contribution in [0.3, 0.4) is 0 Å². The van der Waals surface area contributed by atoms with Crippen LogP contribution in [0, 0.1) is 0 Å². The molecule has 0 saturated carbocycles. The fourth-order valence-corrected chi connectivity index (χ4v) is 5.16. The average molecular weight is 448 g/mol. The van der Waals surface area contributed by atoms with Crippen molar-refractivity contribution in [3.63, 3.8) is 0 Å². The van der Waals surface area contributed by atoms with Gasteiger partial charge in [-0.25, -0.2) is 14.6 Å². The number of aromatic nitrogens is 4. The number of hydrogen-bond acceptors (Lipinski definition) is 7. The van der Waals surface area contributed by atoms with E-state index in [4.69, 9.17) is 9.72 Å². The van der Waals surface area contributed by atoms with Gasteiger partial charge in [-0.05, 0) is 57.5 Å². The first-order valence-electron chi connectivity index (χ1n) is 10.2. The summed E-state index contributed by atoms with van der Waals surface area (Å²) in [6, 6.07) is 6.30. The molecule has 0 unspecified atom stereocenters. The van der Waals surface area contributed by atoms with E-state index in [2.05, 4.69) is 29.2 Å². The summed E-state index contributed by atoms with van der Waals surface area (Å²) >= 11 is 1.66. The molecule has 7 nitrogen and oxygen atoms in total. The summed E-state index contributed by atoms with van der Waals surface area (Å²) in [4.78, 5) is 10.6. The van der Waals surface area contributed by atoms with E-state index in [1.165, 1.54) is 4.88 Å². The van der Waals surface area contributed by atoms with Crippen molar-refractivity contribution in [2.45, 2.75) is 44.8 Å². The Kier molecular flexibility index (Phi) is 5.85. The van der Waals surface area contributed by atoms with Crippen molar-refractivity contribution in [3.8, 4) is 27.8 Å². The number of aliphatic hydroxyl groups is 1. The molecular weight excluding hydrogens is 422 g/mol. The lowest BCUT2D eigenvalue weighted by Gasteiger charge is -2.33. The Bertz CT molecular complexity index is 1040. The molecule has 0 spiro atoms. The van der Waals surface area contributed by atoms with Gasteiger partial charge in [0.2, 0.25) is 0 Å². The van der Waals surface area contributed by atoms with E-state index in [9.17, 15) is 5.11 Å². The normalized spacial score (nSPS) is 17.5. The van der Waals surface area contributed by atoms with Gasteiger partial charge < -0.3 is 15.2 Å². The number of rotatable bonds is 3. The Hall–Kier alpha value is -2.00. The molecular formula is C21H26ClN5O2S. The number of hydrogen-bond donors (Lipinski definition) is 2. The molecule has 2 aliphatic heterocycles. The quantitative estimate of drug-likeness (QED) is 0.638. The molecule has 30 heavy (non-hydrogen) atoms. The number of nitrogens with one attached hydrogen (secondary N) is 1. The van der Waals surface area contributed by atoms with Crippen molar-refractivity contribution in [1.82, 2.24) is 25.1 Å². The van der Waals surface area contributed by atoms with Crippen LogP contribution in [0.15, 0.2) is 24.5 Å². The van der Waals surface area contributed by atoms with E-state index in [0.29, 0.717) is 19.4 Å². The highest BCUT2D eigenvalue weighted by molar-refractivity contribution is 7.15. The van der Waals surface area contributed by atoms with Crippen molar-refractivity contribution in [2.24, 2.45) is 0 Å². The van der Waals surface area contributed by atoms with E-state index in [0.717, 1.165) is 52.9 Å². The highest BCUT2D eigenvalue weighted by atomic mass is 35.5. The maximum Gasteiger partial charge on any atom is 0.187 e. The van der Waals surface area contributed by atoms with Gasteiger partial charge in [-0.3, -0.25) is 0 Å². The predicted molar refractivity (Wildman–Crippen MR) is 119 cm³/mol. The molecule has 2 aliphatic rings. The molecule has 5 rings (SSSR count). The van der Waals surface area contributed by atoms with Gasteiger partial charge in [-0.15, -0.1) is 23.7 Å². The molecule has 0 bridgehead atoms. The summed E-state index contributed by atoms with van der Waals surface area (Å²) in [6.45, 7) is 6.43. The molecule has 3 aromatic rings. The fourth-order valence-electron chi connectivity index (χ4n) is 4.12. The van der Waals surface area contributed by atoms with E-state index in [1.54, 1.807) is 17.7 Å². The summed E-state index contributed by atoms with van der Waals surface area (Å²) < 4.78 is 7.97. The zero-order chi connectivity index (χ0) is 20.0. The standard InChI is InChI=1S/C21H25N5O2S.ClH/c1-13(2)26-19(23-12-24-26)20-25-18-15-4-3-14(21(27)6-8-22-9-7-21)11-16(15)28-10-5-17(18)29-20;/h3-4,11-13,22,27H,5-10H2,1-2H3;1H. The third-order valence-electron chi connectivity index (χ3n) is 5.74. The van der Waals surface area contributed by atoms with Crippen LogP contribution in [0.1, 0.15) is 43.2 Å². The smallest absolute Gasteiger partial charge is 0.187 e. The summed E-state index contributed by atoms with van der Waals surface area (Å²) in [6.07, 6.45) is 3.82. The molecule has 0 radical (unpaired) electrons. The molecule has 1 saturated heterocycles. The molecule has 0 aliphatic carbocycles. The molecule has 0 amide bonds. The molecule has 160 valence electrons.